The van der Waals surface area contributed by atoms with E-state index < -0.39 is 169 Å². The van der Waals surface area contributed by atoms with E-state index in [9.17, 15) is 24.3 Å². The second kappa shape index (κ2) is 41.8. The van der Waals surface area contributed by atoms with Gasteiger partial charge in [0.15, 0.2) is 12.0 Å². The molecule has 702 valence electrons. The van der Waals surface area contributed by atoms with Crippen LogP contribution in [0.2, 0.25) is 5.02 Å². The maximum Gasteiger partial charge on any atom is 0.329 e. The third kappa shape index (κ3) is 20.4. The molecule has 32 nitrogen and oxygen atoms in total. The van der Waals surface area contributed by atoms with Gasteiger partial charge in [-0.1, -0.05) is 190 Å². The number of halogens is 1. The van der Waals surface area contributed by atoms with Crippen molar-refractivity contribution >= 4 is 116 Å². The molecule has 10 aromatic rings. The fourth-order valence-corrected chi connectivity index (χ4v) is 19.5. The Kier molecular flexibility index (Phi) is 29.7. The topological polar surface area (TPSA) is 422 Å². The van der Waals surface area contributed by atoms with Gasteiger partial charge < -0.3 is 81.6 Å². The second-order valence-corrected chi connectivity index (χ2v) is 36.1. The number of nitrogens with one attached hydrogen (secondary N) is 6. The average Bonchev–Trinajstić information content (AvgIpc) is 1.48. The third-order valence-electron chi connectivity index (χ3n) is 26.3. The van der Waals surface area contributed by atoms with Gasteiger partial charge in [0.05, 0.1) is 37.6 Å². The lowest BCUT2D eigenvalue weighted by Gasteiger charge is -2.45. The summed E-state index contributed by atoms with van der Waals surface area (Å²) in [5.74, 6) is -9.97. The Morgan fingerprint density at radius 2 is 1.26 bits per heavy atom. The van der Waals surface area contributed by atoms with E-state index in [2.05, 4.69) is 31.2 Å². The van der Waals surface area contributed by atoms with Crippen molar-refractivity contribution in [1.29, 1.82) is 0 Å². The van der Waals surface area contributed by atoms with E-state index >= 15 is 38.4 Å². The van der Waals surface area contributed by atoms with Gasteiger partial charge in [-0.2, -0.15) is 0 Å². The zero-order valence-electron chi connectivity index (χ0n) is 75.8. The van der Waals surface area contributed by atoms with E-state index in [4.69, 9.17) is 42.3 Å². The molecular formula is C101H115ClN16O16. The van der Waals surface area contributed by atoms with Crippen LogP contribution in [0.1, 0.15) is 149 Å². The van der Waals surface area contributed by atoms with Crippen LogP contribution >= 0.6 is 11.6 Å². The van der Waals surface area contributed by atoms with Gasteiger partial charge in [0.1, 0.15) is 65.8 Å². The lowest BCUT2D eigenvalue weighted by atomic mass is 9.76. The number of carbonyl (C=O) groups excluding carboxylic acids is 11. The lowest BCUT2D eigenvalue weighted by molar-refractivity contribution is -0.171. The van der Waals surface area contributed by atoms with Crippen LogP contribution in [0.3, 0.4) is 0 Å². The zero-order valence-corrected chi connectivity index (χ0v) is 76.5. The number of para-hydroxylation sites is 2. The van der Waals surface area contributed by atoms with Crippen molar-refractivity contribution < 1.29 is 76.9 Å². The van der Waals surface area contributed by atoms with Crippen LogP contribution in [-0.4, -0.2) is 229 Å². The number of nitrogens with two attached hydrogens (primary N) is 2. The van der Waals surface area contributed by atoms with Gasteiger partial charge in [-0.25, -0.2) is 9.78 Å². The summed E-state index contributed by atoms with van der Waals surface area (Å²) in [7, 11) is 1.41. The summed E-state index contributed by atoms with van der Waals surface area (Å²) >= 11 is 6.89. The number of imidazole rings is 1. The van der Waals surface area contributed by atoms with E-state index in [0.29, 0.717) is 49.0 Å². The first-order valence-electron chi connectivity index (χ1n) is 46.0. The average molecular weight is 1840 g/mol. The Labute approximate surface area is 781 Å². The Hall–Kier alpha value is -13.4. The molecule has 1 unspecified atom stereocenters. The van der Waals surface area contributed by atoms with Gasteiger partial charge in [-0.05, 0) is 154 Å². The number of anilines is 2. The van der Waals surface area contributed by atoms with Gasteiger partial charge in [-0.15, -0.1) is 0 Å². The first-order valence-corrected chi connectivity index (χ1v) is 46.4. The quantitative estimate of drug-likeness (QED) is 0.00995. The second-order valence-electron chi connectivity index (χ2n) is 35.7. The number of aromatic nitrogens is 4. The number of ether oxygens (including phenoxy) is 3. The number of fused-ring (bicyclic) bond motifs is 4. The van der Waals surface area contributed by atoms with Gasteiger partial charge >= 0.3 is 11.9 Å². The number of likely N-dealkylation sites (N-methyl/N-ethyl adjacent to an activating group) is 1. The fourth-order valence-electron chi connectivity index (χ4n) is 19.3. The molecule has 0 spiro atoms. The number of rotatable bonds is 37. The predicted octanol–water partition coefficient (Wildman–Crippen LogP) is 8.96. The van der Waals surface area contributed by atoms with Gasteiger partial charge in [0.25, 0.3) is 17.7 Å². The SMILES string of the molecule is CCCC[C@](N)(NC(=O)[C@@H](N)Cc1c[nH]c2ccccc12)C(=O)N[C@@H](Cc1c[nH]c2ccccc12)C(=O)N[C@@H](COC1CCCCO1)C(=O)N(CCC)CC(=O)N(C)[C@H]1Cc2cc(Cl)ccc2N([C@H]2Cc3ncn(C(c4ccccc4)(c4ccccc4)c4ccccc4)c3N(CC(=O)N3CCC[C@H]3C(=O)N[C@@H](CC(=O)O)C(=O)N3CCC[C@H]3C(=O)OC(C)(C)c3ccccc3)C2=O)C1=O. The van der Waals surface area contributed by atoms with Crippen molar-refractivity contribution in [3.63, 3.8) is 0 Å². The Balaban J connectivity index is 0.727. The molecule has 3 saturated heterocycles. The van der Waals surface area contributed by atoms with E-state index in [1.165, 1.54) is 36.4 Å². The fraction of sp³-hybridized carbons (Fsp3) is 0.396. The van der Waals surface area contributed by atoms with Crippen molar-refractivity contribution in [3.05, 3.63) is 256 Å². The summed E-state index contributed by atoms with van der Waals surface area (Å²) in [6.45, 7) is 5.51. The van der Waals surface area contributed by atoms with Crippen molar-refractivity contribution in [2.24, 2.45) is 11.5 Å². The largest absolute Gasteiger partial charge is 0.481 e. The Morgan fingerprint density at radius 3 is 1.87 bits per heavy atom. The molecule has 8 heterocycles. The van der Waals surface area contributed by atoms with Crippen LogP contribution in [0.15, 0.2) is 207 Å². The molecule has 3 aromatic heterocycles. The van der Waals surface area contributed by atoms with Crippen molar-refractivity contribution in [3.8, 4) is 0 Å². The number of hydrogen-bond acceptors (Lipinski definition) is 18. The number of esters is 1. The molecule has 0 radical (unpaired) electrons. The summed E-state index contributed by atoms with van der Waals surface area (Å²) in [6.07, 6.45) is 6.90. The highest BCUT2D eigenvalue weighted by molar-refractivity contribution is 6.31. The summed E-state index contributed by atoms with van der Waals surface area (Å²) in [6, 6.07) is 46.0. The zero-order chi connectivity index (χ0) is 94.7. The molecule has 11 N–H and O–H groups in total. The molecule has 10 atom stereocenters. The van der Waals surface area contributed by atoms with E-state index in [0.717, 1.165) is 56.9 Å². The van der Waals surface area contributed by atoms with Crippen LogP contribution in [0, 0.1) is 0 Å². The normalized spacial score (nSPS) is 18.7. The number of carbonyl (C=O) groups is 12. The Bertz CT molecular complexity index is 5870. The number of carboxylic acid groups (broad SMARTS) is 1. The Morgan fingerprint density at radius 1 is 0.664 bits per heavy atom. The van der Waals surface area contributed by atoms with E-state index in [1.54, 1.807) is 82.0 Å². The highest BCUT2D eigenvalue weighted by Gasteiger charge is 2.53. The lowest BCUT2D eigenvalue weighted by Crippen LogP contribution is -2.69. The highest BCUT2D eigenvalue weighted by atomic mass is 35.5. The van der Waals surface area contributed by atoms with Crippen LogP contribution < -0.4 is 42.5 Å². The number of likely N-dealkylation sites (tertiary alicyclic amines) is 2. The first kappa shape index (κ1) is 95.2. The molecule has 0 saturated carbocycles. The molecule has 3 fully saturated rings. The molecule has 5 aliphatic heterocycles. The predicted molar refractivity (Wildman–Crippen MR) is 502 cm³/mol. The van der Waals surface area contributed by atoms with Gasteiger partial charge in [0.2, 0.25) is 41.4 Å². The first-order chi connectivity index (χ1) is 64.6. The minimum atomic E-state index is -2.12. The van der Waals surface area contributed by atoms with Crippen LogP contribution in [-0.2, 0) is 109 Å². The van der Waals surface area contributed by atoms with Gasteiger partial charge in [-0.3, -0.25) is 67.1 Å². The molecule has 0 bridgehead atoms. The van der Waals surface area contributed by atoms with Crippen LogP contribution in [0.5, 0.6) is 0 Å². The maximum absolute atomic E-state index is 16.9. The van der Waals surface area contributed by atoms with E-state index in [1.807, 2.05) is 157 Å². The number of aromatic amines is 2. The molecule has 5 aliphatic rings. The number of aliphatic carboxylic acids is 1. The monoisotopic (exact) mass is 1840 g/mol. The minimum absolute atomic E-state index is 0.0256. The molecule has 10 amide bonds. The van der Waals surface area contributed by atoms with Crippen LogP contribution in [0.25, 0.3) is 21.8 Å². The van der Waals surface area contributed by atoms with Crippen molar-refractivity contribution in [2.75, 3.05) is 62.8 Å². The number of nitrogens with zero attached hydrogens (tertiary/aromatic N) is 8. The maximum atomic E-state index is 16.9. The number of hydrogen-bond donors (Lipinski definition) is 9. The van der Waals surface area contributed by atoms with Crippen molar-refractivity contribution in [1.82, 2.24) is 60.4 Å². The molecule has 15 rings (SSSR count). The summed E-state index contributed by atoms with van der Waals surface area (Å²) in [5, 5.41) is 23.4. The molecule has 33 heteroatoms. The number of carboxylic acids is 1. The molecular weight excluding hydrogens is 1730 g/mol. The molecule has 0 aliphatic carbocycles. The summed E-state index contributed by atoms with van der Waals surface area (Å²) < 4.78 is 20.2. The standard InChI is InChI=1S/C101H115ClN16O16/c1-6-8-46-100(104,111-89(123)73(103)52-64-57-105-74-39-23-21-37-71(64)74)98(131)110-76(53-65-58-106-75-40-24-22-38-72(65)75)90(124)109-79(61-133-88-43-25-26-50-132-88)93(126)113(47-7-2)59-85(119)112(5)83-54-63-51-70(102)44-45-80(63)118(96(83)129)84-55-77-92(117(62-107-77)101(67-31-15-10-16-32-67,68-33-17-11-18-34-68)69-35-19-12-20-36-69)116(95(84)128)60-86(120)114-48-27-41-81(114)91(125)108-78(56-87(121)122)94(127)115-49-28-42-82(115)97(130)134-99(3,4)66-29-13-9-14-30-66/h9-24,29-40,44-45,51,57-58,62,73,76,78-79,81-84,88,105-106H,6-8,25-28,41-43,46-50,52-56,59-61,103-104H2,1-5H3,(H,108,125)(H,109,124)(H,110,131)(H,111,123)(H,121,122)/t73-,76-,78-,79-,81-,82-,83-,84-,88?,100-/m0/s1. The van der Waals surface area contributed by atoms with Crippen molar-refractivity contribution in [2.45, 2.75) is 202 Å². The number of amides is 10. The number of benzene rings is 7. The third-order valence-corrected chi connectivity index (χ3v) is 26.6. The summed E-state index contributed by atoms with van der Waals surface area (Å²) in [5.41, 5.74) is 15.8. The number of H-pyrrole nitrogens is 2. The highest BCUT2D eigenvalue weighted by Crippen LogP contribution is 2.47. The minimum Gasteiger partial charge on any atom is -0.481 e. The molecule has 7 aromatic carbocycles. The van der Waals surface area contributed by atoms with Gasteiger partial charge in [0, 0.05) is 97.5 Å². The molecule has 134 heavy (non-hydrogen) atoms. The number of unbranched alkanes of at least 4 members (excludes halogenated alkanes) is 1. The summed E-state index contributed by atoms with van der Waals surface area (Å²) in [4.78, 5) is 202. The van der Waals surface area contributed by atoms with E-state index in [-0.39, 0.29) is 99.6 Å². The smallest absolute Gasteiger partial charge is 0.329 e. The van der Waals surface area contributed by atoms with Crippen LogP contribution in [0.4, 0.5) is 11.5 Å².